The van der Waals surface area contributed by atoms with E-state index >= 15 is 0 Å². The molecule has 0 spiro atoms. The molecule has 1 atom stereocenters. The first kappa shape index (κ1) is 12.5. The molecule has 2 aromatic rings. The lowest BCUT2D eigenvalue weighted by molar-refractivity contribution is -0.122. The van der Waals surface area contributed by atoms with Crippen molar-refractivity contribution in [1.82, 2.24) is 0 Å². The number of carbonyl (C=O) groups excluding carboxylic acids is 1. The van der Waals surface area contributed by atoms with Gasteiger partial charge in [-0.25, -0.2) is 4.39 Å². The van der Waals surface area contributed by atoms with E-state index in [1.807, 2.05) is 18.2 Å². The van der Waals surface area contributed by atoms with E-state index in [-0.39, 0.29) is 11.7 Å². The van der Waals surface area contributed by atoms with Crippen molar-refractivity contribution in [2.75, 3.05) is 17.2 Å². The summed E-state index contributed by atoms with van der Waals surface area (Å²) >= 11 is 0. The molecule has 0 aliphatic carbocycles. The second-order valence-corrected chi connectivity index (χ2v) is 4.48. The van der Waals surface area contributed by atoms with E-state index in [1.54, 1.807) is 6.07 Å². The lowest BCUT2D eigenvalue weighted by Crippen LogP contribution is -2.41. The van der Waals surface area contributed by atoms with E-state index in [1.165, 1.54) is 24.3 Å². The van der Waals surface area contributed by atoms with Crippen LogP contribution in [-0.4, -0.2) is 18.6 Å². The van der Waals surface area contributed by atoms with E-state index in [0.717, 1.165) is 5.69 Å². The van der Waals surface area contributed by atoms with Gasteiger partial charge in [0.15, 0.2) is 6.10 Å². The zero-order valence-corrected chi connectivity index (χ0v) is 10.6. The van der Waals surface area contributed by atoms with Gasteiger partial charge < -0.3 is 15.4 Å². The van der Waals surface area contributed by atoms with Gasteiger partial charge in [-0.3, -0.25) is 4.79 Å². The first-order chi connectivity index (χ1) is 9.72. The van der Waals surface area contributed by atoms with Crippen molar-refractivity contribution < 1.29 is 13.9 Å². The van der Waals surface area contributed by atoms with Crippen LogP contribution in [0.25, 0.3) is 0 Å². The summed E-state index contributed by atoms with van der Waals surface area (Å²) in [6.45, 7) is 0.393. The molecule has 2 aromatic carbocycles. The van der Waals surface area contributed by atoms with Crippen molar-refractivity contribution in [2.24, 2.45) is 0 Å². The molecule has 0 fully saturated rings. The van der Waals surface area contributed by atoms with Gasteiger partial charge in [0, 0.05) is 5.69 Å². The van der Waals surface area contributed by atoms with E-state index in [9.17, 15) is 9.18 Å². The summed E-state index contributed by atoms with van der Waals surface area (Å²) in [6.07, 6.45) is -0.616. The van der Waals surface area contributed by atoms with Crippen LogP contribution in [0, 0.1) is 5.82 Å². The Morgan fingerprint density at radius 2 is 1.95 bits per heavy atom. The molecule has 1 aliphatic rings. The molecule has 5 heteroatoms. The van der Waals surface area contributed by atoms with Gasteiger partial charge in [-0.2, -0.15) is 0 Å². The minimum absolute atomic E-state index is 0.265. The smallest absolute Gasteiger partial charge is 0.267 e. The van der Waals surface area contributed by atoms with Crippen molar-refractivity contribution in [3.05, 3.63) is 54.3 Å². The number of ether oxygens (including phenoxy) is 1. The van der Waals surface area contributed by atoms with Gasteiger partial charge in [0.25, 0.3) is 5.91 Å². The van der Waals surface area contributed by atoms with Crippen LogP contribution in [0.15, 0.2) is 48.5 Å². The molecule has 0 aromatic heterocycles. The fourth-order valence-electron chi connectivity index (χ4n) is 2.02. The van der Waals surface area contributed by atoms with Crippen LogP contribution >= 0.6 is 0 Å². The Balaban J connectivity index is 1.68. The number of amides is 1. The molecule has 20 heavy (non-hydrogen) atoms. The number of fused-ring (bicyclic) bond motifs is 1. The summed E-state index contributed by atoms with van der Waals surface area (Å²) < 4.78 is 18.4. The number of anilines is 2. The van der Waals surface area contributed by atoms with Crippen LogP contribution in [0.4, 0.5) is 15.8 Å². The maximum absolute atomic E-state index is 12.8. The van der Waals surface area contributed by atoms with Crippen molar-refractivity contribution in [3.63, 3.8) is 0 Å². The number of nitrogens with one attached hydrogen (secondary N) is 2. The lowest BCUT2D eigenvalue weighted by Gasteiger charge is -2.26. The summed E-state index contributed by atoms with van der Waals surface area (Å²) in [6, 6.07) is 13.1. The molecule has 102 valence electrons. The molecular weight excluding hydrogens is 259 g/mol. The van der Waals surface area contributed by atoms with Gasteiger partial charge in [-0.05, 0) is 36.4 Å². The van der Waals surface area contributed by atoms with Gasteiger partial charge in [0.1, 0.15) is 11.6 Å². The van der Waals surface area contributed by atoms with Crippen LogP contribution in [0.5, 0.6) is 5.75 Å². The Kier molecular flexibility index (Phi) is 3.25. The number of hydrogen-bond donors (Lipinski definition) is 2. The molecule has 1 aliphatic heterocycles. The van der Waals surface area contributed by atoms with Crippen molar-refractivity contribution in [2.45, 2.75) is 6.10 Å². The molecule has 4 nitrogen and oxygen atoms in total. The van der Waals surface area contributed by atoms with E-state index in [0.29, 0.717) is 18.0 Å². The van der Waals surface area contributed by atoms with Crippen molar-refractivity contribution >= 4 is 17.3 Å². The van der Waals surface area contributed by atoms with Crippen LogP contribution in [0.1, 0.15) is 0 Å². The van der Waals surface area contributed by atoms with Crippen LogP contribution in [0.2, 0.25) is 0 Å². The molecule has 0 bridgehead atoms. The van der Waals surface area contributed by atoms with Gasteiger partial charge in [0.2, 0.25) is 0 Å². The Morgan fingerprint density at radius 1 is 1.20 bits per heavy atom. The molecule has 0 saturated carbocycles. The van der Waals surface area contributed by atoms with Crippen molar-refractivity contribution in [3.8, 4) is 5.75 Å². The van der Waals surface area contributed by atoms with E-state index in [2.05, 4.69) is 10.6 Å². The fraction of sp³-hybridized carbons (Fsp3) is 0.133. The quantitative estimate of drug-likeness (QED) is 0.883. The average Bonchev–Trinajstić information content (AvgIpc) is 2.49. The molecule has 0 saturated heterocycles. The third-order valence-corrected chi connectivity index (χ3v) is 3.04. The van der Waals surface area contributed by atoms with Gasteiger partial charge >= 0.3 is 0 Å². The summed E-state index contributed by atoms with van der Waals surface area (Å²) in [4.78, 5) is 12.1. The number of hydrogen-bond acceptors (Lipinski definition) is 3. The molecular formula is C15H13FN2O2. The highest BCUT2D eigenvalue weighted by Gasteiger charge is 2.25. The monoisotopic (exact) mass is 272 g/mol. The van der Waals surface area contributed by atoms with Gasteiger partial charge in [-0.15, -0.1) is 0 Å². The minimum Gasteiger partial charge on any atom is -0.477 e. The lowest BCUT2D eigenvalue weighted by atomic mass is 10.2. The Morgan fingerprint density at radius 3 is 2.75 bits per heavy atom. The third kappa shape index (κ3) is 2.56. The predicted molar refractivity (Wildman–Crippen MR) is 74.4 cm³/mol. The molecule has 2 N–H and O–H groups in total. The fourth-order valence-corrected chi connectivity index (χ4v) is 2.02. The normalized spacial score (nSPS) is 16.6. The summed E-state index contributed by atoms with van der Waals surface area (Å²) in [5.41, 5.74) is 1.41. The maximum Gasteiger partial charge on any atom is 0.267 e. The SMILES string of the molecule is O=C(Nc1ccc(F)cc1)C1CNc2ccccc2O1. The number of carbonyl (C=O) groups is 1. The second kappa shape index (κ2) is 5.21. The highest BCUT2D eigenvalue weighted by atomic mass is 19.1. The standard InChI is InChI=1S/C15H13FN2O2/c16-10-5-7-11(8-6-10)18-15(19)14-9-17-12-3-1-2-4-13(12)20-14/h1-8,14,17H,9H2,(H,18,19). The first-order valence-corrected chi connectivity index (χ1v) is 6.28. The zero-order chi connectivity index (χ0) is 13.9. The Bertz CT molecular complexity index is 628. The molecule has 1 unspecified atom stereocenters. The van der Waals surface area contributed by atoms with Crippen molar-refractivity contribution in [1.29, 1.82) is 0 Å². The number of benzene rings is 2. The first-order valence-electron chi connectivity index (χ1n) is 6.28. The Labute approximate surface area is 115 Å². The Hall–Kier alpha value is -2.56. The molecule has 1 heterocycles. The summed E-state index contributed by atoms with van der Waals surface area (Å²) in [7, 11) is 0. The highest BCUT2D eigenvalue weighted by molar-refractivity contribution is 5.95. The van der Waals surface area contributed by atoms with E-state index < -0.39 is 6.10 Å². The average molecular weight is 272 g/mol. The van der Waals surface area contributed by atoms with Crippen LogP contribution in [-0.2, 0) is 4.79 Å². The maximum atomic E-state index is 12.8. The van der Waals surface area contributed by atoms with Gasteiger partial charge in [0.05, 0.1) is 12.2 Å². The minimum atomic E-state index is -0.616. The van der Waals surface area contributed by atoms with Crippen LogP contribution < -0.4 is 15.4 Å². The largest absolute Gasteiger partial charge is 0.477 e. The predicted octanol–water partition coefficient (Wildman–Crippen LogP) is 2.64. The highest BCUT2D eigenvalue weighted by Crippen LogP contribution is 2.28. The number of para-hydroxylation sites is 2. The number of rotatable bonds is 2. The third-order valence-electron chi connectivity index (χ3n) is 3.04. The van der Waals surface area contributed by atoms with E-state index in [4.69, 9.17) is 4.74 Å². The summed E-state index contributed by atoms with van der Waals surface area (Å²) in [5.74, 6) is 0.0455. The molecule has 0 radical (unpaired) electrons. The second-order valence-electron chi connectivity index (χ2n) is 4.48. The van der Waals surface area contributed by atoms with Gasteiger partial charge in [-0.1, -0.05) is 12.1 Å². The number of halogens is 1. The topological polar surface area (TPSA) is 50.4 Å². The summed E-state index contributed by atoms with van der Waals surface area (Å²) in [5, 5.41) is 5.84. The molecule has 1 amide bonds. The molecule has 3 rings (SSSR count). The zero-order valence-electron chi connectivity index (χ0n) is 10.6. The van der Waals surface area contributed by atoms with Crippen LogP contribution in [0.3, 0.4) is 0 Å².